The molecule has 0 bridgehead atoms. The summed E-state index contributed by atoms with van der Waals surface area (Å²) in [5.41, 5.74) is 6.88. The lowest BCUT2D eigenvalue weighted by Crippen LogP contribution is -2.26. The molecule has 2 aliphatic rings. The summed E-state index contributed by atoms with van der Waals surface area (Å²) >= 11 is 0. The largest absolute Gasteiger partial charge is 0.328 e. The van der Waals surface area contributed by atoms with Crippen LogP contribution in [0, 0.1) is 23.5 Å². The van der Waals surface area contributed by atoms with E-state index >= 15 is 0 Å². The predicted molar refractivity (Wildman–Crippen MR) is 71.8 cm³/mol. The Labute approximate surface area is 113 Å². The van der Waals surface area contributed by atoms with Crippen molar-refractivity contribution < 1.29 is 8.78 Å². The summed E-state index contributed by atoms with van der Waals surface area (Å²) in [7, 11) is 0. The van der Waals surface area contributed by atoms with Gasteiger partial charge in [0.25, 0.3) is 0 Å². The molecule has 0 aliphatic heterocycles. The molecule has 2 atom stereocenters. The molecule has 2 saturated carbocycles. The van der Waals surface area contributed by atoms with Gasteiger partial charge in [-0.3, -0.25) is 0 Å². The molecule has 0 aromatic heterocycles. The van der Waals surface area contributed by atoms with Crippen molar-refractivity contribution in [3.8, 4) is 0 Å². The number of benzene rings is 1. The fraction of sp³-hybridized carbons (Fsp3) is 0.625. The molecule has 0 unspecified atom stereocenters. The van der Waals surface area contributed by atoms with Crippen LogP contribution in [0.2, 0.25) is 0 Å². The number of rotatable bonds is 3. The molecule has 1 aromatic rings. The van der Waals surface area contributed by atoms with Crippen molar-refractivity contribution in [2.75, 3.05) is 0 Å². The molecule has 2 N–H and O–H groups in total. The van der Waals surface area contributed by atoms with Gasteiger partial charge in [-0.15, -0.1) is 0 Å². The molecular formula is C16H21F2N. The first kappa shape index (κ1) is 13.0. The number of nitrogens with two attached hydrogens (primary N) is 1. The second kappa shape index (κ2) is 5.20. The number of hydrogen-bond donors (Lipinski definition) is 1. The van der Waals surface area contributed by atoms with Crippen molar-refractivity contribution in [2.24, 2.45) is 17.6 Å². The molecule has 1 aromatic carbocycles. The molecule has 104 valence electrons. The maximum Gasteiger partial charge on any atom is 0.159 e. The van der Waals surface area contributed by atoms with Gasteiger partial charge in [-0.1, -0.05) is 6.07 Å². The summed E-state index contributed by atoms with van der Waals surface area (Å²) in [6.45, 7) is 0. The fourth-order valence-corrected chi connectivity index (χ4v) is 3.51. The minimum absolute atomic E-state index is 0.400. The number of halogens is 2. The first-order chi connectivity index (χ1) is 9.13. The Morgan fingerprint density at radius 1 is 1.05 bits per heavy atom. The van der Waals surface area contributed by atoms with Crippen LogP contribution < -0.4 is 5.73 Å². The smallest absolute Gasteiger partial charge is 0.159 e. The van der Waals surface area contributed by atoms with Gasteiger partial charge in [0, 0.05) is 6.04 Å². The van der Waals surface area contributed by atoms with E-state index in [1.54, 1.807) is 6.07 Å². The zero-order valence-corrected chi connectivity index (χ0v) is 11.1. The SMILES string of the molecule is N[C@H]1CC[C@H](C[C@H]2C[C@@H]2c2ccc(F)c(F)c2)CC1. The maximum absolute atomic E-state index is 13.2. The Kier molecular flexibility index (Phi) is 3.57. The minimum Gasteiger partial charge on any atom is -0.328 e. The van der Waals surface area contributed by atoms with Gasteiger partial charge in [-0.05, 0) is 74.0 Å². The summed E-state index contributed by atoms with van der Waals surface area (Å²) < 4.78 is 26.1. The van der Waals surface area contributed by atoms with Gasteiger partial charge in [-0.2, -0.15) is 0 Å². The van der Waals surface area contributed by atoms with Gasteiger partial charge in [0.05, 0.1) is 0 Å². The highest BCUT2D eigenvalue weighted by molar-refractivity contribution is 5.27. The average Bonchev–Trinajstić information content (AvgIpc) is 3.15. The second-order valence-electron chi connectivity index (χ2n) is 6.29. The van der Waals surface area contributed by atoms with Crippen molar-refractivity contribution >= 4 is 0 Å². The van der Waals surface area contributed by atoms with Gasteiger partial charge in [0.2, 0.25) is 0 Å². The molecule has 3 heteroatoms. The van der Waals surface area contributed by atoms with E-state index in [0.29, 0.717) is 17.9 Å². The van der Waals surface area contributed by atoms with E-state index in [0.717, 1.165) is 30.7 Å². The van der Waals surface area contributed by atoms with E-state index in [2.05, 4.69) is 0 Å². The van der Waals surface area contributed by atoms with E-state index < -0.39 is 11.6 Å². The molecule has 1 nitrogen and oxygen atoms in total. The van der Waals surface area contributed by atoms with E-state index in [9.17, 15) is 8.78 Å². The van der Waals surface area contributed by atoms with Crippen LogP contribution in [-0.4, -0.2) is 6.04 Å². The van der Waals surface area contributed by atoms with Crippen LogP contribution in [0.15, 0.2) is 18.2 Å². The van der Waals surface area contributed by atoms with Crippen LogP contribution in [0.3, 0.4) is 0 Å². The molecule has 3 rings (SSSR count). The average molecular weight is 265 g/mol. The molecular weight excluding hydrogens is 244 g/mol. The first-order valence-electron chi connectivity index (χ1n) is 7.34. The molecule has 2 fully saturated rings. The zero-order chi connectivity index (χ0) is 13.4. The summed E-state index contributed by atoms with van der Waals surface area (Å²) in [5.74, 6) is 0.448. The molecule has 0 radical (unpaired) electrons. The van der Waals surface area contributed by atoms with Gasteiger partial charge < -0.3 is 5.73 Å². The van der Waals surface area contributed by atoms with E-state index in [4.69, 9.17) is 5.73 Å². The highest BCUT2D eigenvalue weighted by Crippen LogP contribution is 2.52. The van der Waals surface area contributed by atoms with Crippen LogP contribution in [-0.2, 0) is 0 Å². The Balaban J connectivity index is 1.54. The summed E-state index contributed by atoms with van der Waals surface area (Å²) in [6.07, 6.45) is 7.13. The second-order valence-corrected chi connectivity index (χ2v) is 6.29. The van der Waals surface area contributed by atoms with Crippen molar-refractivity contribution in [1.29, 1.82) is 0 Å². The highest BCUT2D eigenvalue weighted by Gasteiger charge is 2.40. The monoisotopic (exact) mass is 265 g/mol. The lowest BCUT2D eigenvalue weighted by molar-refractivity contribution is 0.298. The maximum atomic E-state index is 13.2. The van der Waals surface area contributed by atoms with E-state index in [-0.39, 0.29) is 0 Å². The van der Waals surface area contributed by atoms with Crippen molar-refractivity contribution in [1.82, 2.24) is 0 Å². The van der Waals surface area contributed by atoms with Crippen LogP contribution in [0.4, 0.5) is 8.78 Å². The molecule has 2 aliphatic carbocycles. The summed E-state index contributed by atoms with van der Waals surface area (Å²) in [6, 6.07) is 4.76. The Morgan fingerprint density at radius 2 is 1.79 bits per heavy atom. The first-order valence-corrected chi connectivity index (χ1v) is 7.34. The van der Waals surface area contributed by atoms with Crippen LogP contribution in [0.25, 0.3) is 0 Å². The third-order valence-electron chi connectivity index (χ3n) is 4.82. The van der Waals surface area contributed by atoms with Crippen LogP contribution in [0.5, 0.6) is 0 Å². The standard InChI is InChI=1S/C16H21F2N/c17-15-6-3-11(9-16(15)18)14-8-12(14)7-10-1-4-13(19)5-2-10/h3,6,9-10,12-14H,1-2,4-5,7-8,19H2/t10-,12-,13-,14+/m0/s1. The van der Waals surface area contributed by atoms with Crippen molar-refractivity contribution in [3.05, 3.63) is 35.4 Å². The summed E-state index contributed by atoms with van der Waals surface area (Å²) in [4.78, 5) is 0. The lowest BCUT2D eigenvalue weighted by atomic mass is 9.83. The Bertz CT molecular complexity index is 452. The van der Waals surface area contributed by atoms with Gasteiger partial charge in [0.1, 0.15) is 0 Å². The summed E-state index contributed by atoms with van der Waals surface area (Å²) in [5, 5.41) is 0. The van der Waals surface area contributed by atoms with Gasteiger partial charge >= 0.3 is 0 Å². The van der Waals surface area contributed by atoms with Gasteiger partial charge in [0.15, 0.2) is 11.6 Å². The molecule has 0 saturated heterocycles. The molecule has 0 heterocycles. The van der Waals surface area contributed by atoms with Crippen molar-refractivity contribution in [2.45, 2.75) is 50.5 Å². The quantitative estimate of drug-likeness (QED) is 0.879. The zero-order valence-electron chi connectivity index (χ0n) is 11.1. The van der Waals surface area contributed by atoms with Crippen LogP contribution in [0.1, 0.15) is 50.0 Å². The predicted octanol–water partition coefficient (Wildman–Crippen LogP) is 3.98. The fourth-order valence-electron chi connectivity index (χ4n) is 3.51. The third kappa shape index (κ3) is 2.97. The van der Waals surface area contributed by atoms with E-state index in [1.165, 1.54) is 31.4 Å². The van der Waals surface area contributed by atoms with Crippen LogP contribution >= 0.6 is 0 Å². The Hall–Kier alpha value is -0.960. The van der Waals surface area contributed by atoms with E-state index in [1.807, 2.05) is 0 Å². The normalized spacial score (nSPS) is 34.3. The third-order valence-corrected chi connectivity index (χ3v) is 4.82. The lowest BCUT2D eigenvalue weighted by Gasteiger charge is -2.26. The Morgan fingerprint density at radius 3 is 2.47 bits per heavy atom. The topological polar surface area (TPSA) is 26.0 Å². The molecule has 0 amide bonds. The van der Waals surface area contributed by atoms with Crippen molar-refractivity contribution in [3.63, 3.8) is 0 Å². The highest BCUT2D eigenvalue weighted by atomic mass is 19.2. The molecule has 0 spiro atoms. The van der Waals surface area contributed by atoms with Gasteiger partial charge in [-0.25, -0.2) is 8.78 Å². The number of hydrogen-bond acceptors (Lipinski definition) is 1. The minimum atomic E-state index is -0.748. The molecule has 19 heavy (non-hydrogen) atoms.